The molecule has 1 aromatic heterocycles. The first-order valence-electron chi connectivity index (χ1n) is 9.12. The Bertz CT molecular complexity index is 1260. The van der Waals surface area contributed by atoms with Crippen LogP contribution >= 0.6 is 0 Å². The zero-order valence-electron chi connectivity index (χ0n) is 15.7. The fourth-order valence-corrected chi connectivity index (χ4v) is 4.38. The van der Waals surface area contributed by atoms with Gasteiger partial charge in [-0.3, -0.25) is 9.89 Å². The summed E-state index contributed by atoms with van der Waals surface area (Å²) in [6.07, 6.45) is 0. The third kappa shape index (κ3) is 3.94. The van der Waals surface area contributed by atoms with E-state index in [4.69, 9.17) is 0 Å². The van der Waals surface area contributed by atoms with E-state index < -0.39 is 15.7 Å². The Hall–Kier alpha value is -3.91. The first-order chi connectivity index (χ1) is 14.6. The van der Waals surface area contributed by atoms with E-state index in [0.29, 0.717) is 11.3 Å². The predicted octanol–water partition coefficient (Wildman–Crippen LogP) is 4.24. The summed E-state index contributed by atoms with van der Waals surface area (Å²) in [5.41, 5.74) is 1.06. The van der Waals surface area contributed by atoms with Gasteiger partial charge in [0, 0.05) is 11.3 Å². The van der Waals surface area contributed by atoms with Crippen molar-refractivity contribution in [3.8, 4) is 0 Å². The van der Waals surface area contributed by atoms with Gasteiger partial charge in [-0.05, 0) is 36.4 Å². The molecule has 0 fully saturated rings. The minimum absolute atomic E-state index is 0.0777. The molecule has 3 aromatic carbocycles. The molecule has 150 valence electrons. The molecule has 0 spiro atoms. The standard InChI is InChI=1S/C22H18N4O3S/c27-22(16-10-4-1-5-11-16)24-21-19(30(28,29)18-14-8-3-9-15-18)20(25-26-21)23-17-12-6-2-7-13-17/h1-15H,(H3,23,24,25,26,27). The maximum Gasteiger partial charge on any atom is 0.256 e. The van der Waals surface area contributed by atoms with E-state index in [2.05, 4.69) is 20.8 Å². The number of nitrogens with zero attached hydrogens (tertiary/aromatic N) is 1. The van der Waals surface area contributed by atoms with Crippen molar-refractivity contribution in [2.24, 2.45) is 0 Å². The number of anilines is 3. The summed E-state index contributed by atoms with van der Waals surface area (Å²) in [5.74, 6) is -0.377. The van der Waals surface area contributed by atoms with Crippen molar-refractivity contribution >= 4 is 33.1 Å². The van der Waals surface area contributed by atoms with Crippen LogP contribution in [0.2, 0.25) is 0 Å². The van der Waals surface area contributed by atoms with Crippen molar-refractivity contribution in [1.29, 1.82) is 0 Å². The maximum absolute atomic E-state index is 13.4. The predicted molar refractivity (Wildman–Crippen MR) is 115 cm³/mol. The molecule has 0 saturated heterocycles. The largest absolute Gasteiger partial charge is 0.339 e. The van der Waals surface area contributed by atoms with Gasteiger partial charge in [0.15, 0.2) is 10.7 Å². The summed E-state index contributed by atoms with van der Waals surface area (Å²) in [6, 6.07) is 25.6. The van der Waals surface area contributed by atoms with Gasteiger partial charge in [-0.1, -0.05) is 54.6 Å². The van der Waals surface area contributed by atoms with Crippen LogP contribution < -0.4 is 10.6 Å². The fourth-order valence-electron chi connectivity index (χ4n) is 2.92. The van der Waals surface area contributed by atoms with Crippen LogP contribution in [0.25, 0.3) is 0 Å². The van der Waals surface area contributed by atoms with Crippen molar-refractivity contribution in [3.63, 3.8) is 0 Å². The highest BCUT2D eigenvalue weighted by molar-refractivity contribution is 7.91. The lowest BCUT2D eigenvalue weighted by Crippen LogP contribution is -2.15. The lowest BCUT2D eigenvalue weighted by Gasteiger charge is -2.10. The number of hydrogen-bond acceptors (Lipinski definition) is 5. The zero-order valence-corrected chi connectivity index (χ0v) is 16.6. The van der Waals surface area contributed by atoms with Gasteiger partial charge in [0.25, 0.3) is 5.91 Å². The average molecular weight is 418 g/mol. The quantitative estimate of drug-likeness (QED) is 0.435. The maximum atomic E-state index is 13.4. The number of aromatic nitrogens is 2. The highest BCUT2D eigenvalue weighted by Gasteiger charge is 2.29. The Morgan fingerprint density at radius 2 is 1.37 bits per heavy atom. The lowest BCUT2D eigenvalue weighted by atomic mass is 10.2. The Morgan fingerprint density at radius 1 is 0.800 bits per heavy atom. The van der Waals surface area contributed by atoms with Gasteiger partial charge in [0.2, 0.25) is 9.84 Å². The molecule has 4 aromatic rings. The number of H-pyrrole nitrogens is 1. The number of carbonyl (C=O) groups is 1. The minimum Gasteiger partial charge on any atom is -0.339 e. The second kappa shape index (κ2) is 8.22. The Morgan fingerprint density at radius 3 is 2.00 bits per heavy atom. The molecular formula is C22H18N4O3S. The number of para-hydroxylation sites is 1. The molecule has 0 aliphatic heterocycles. The fraction of sp³-hybridized carbons (Fsp3) is 0. The van der Waals surface area contributed by atoms with E-state index in [1.807, 2.05) is 18.2 Å². The van der Waals surface area contributed by atoms with E-state index in [0.717, 1.165) is 0 Å². The number of benzene rings is 3. The molecule has 0 atom stereocenters. The number of aromatic amines is 1. The summed E-state index contributed by atoms with van der Waals surface area (Å²) in [4.78, 5) is 12.6. The molecule has 8 heteroatoms. The van der Waals surface area contributed by atoms with Gasteiger partial charge in [-0.15, -0.1) is 0 Å². The lowest BCUT2D eigenvalue weighted by molar-refractivity contribution is 0.102. The molecule has 0 unspecified atom stereocenters. The number of nitrogens with one attached hydrogen (secondary N) is 3. The van der Waals surface area contributed by atoms with Gasteiger partial charge in [-0.25, -0.2) is 8.42 Å². The third-order valence-electron chi connectivity index (χ3n) is 4.35. The number of hydrogen-bond donors (Lipinski definition) is 3. The van der Waals surface area contributed by atoms with Crippen LogP contribution in [0.4, 0.5) is 17.3 Å². The Labute approximate surface area is 173 Å². The third-order valence-corrected chi connectivity index (χ3v) is 6.18. The van der Waals surface area contributed by atoms with Crippen molar-refractivity contribution in [3.05, 3.63) is 96.6 Å². The van der Waals surface area contributed by atoms with Crippen LogP contribution in [0.3, 0.4) is 0 Å². The van der Waals surface area contributed by atoms with Crippen LogP contribution in [-0.2, 0) is 9.84 Å². The van der Waals surface area contributed by atoms with Crippen molar-refractivity contribution in [2.45, 2.75) is 9.79 Å². The number of rotatable bonds is 6. The van der Waals surface area contributed by atoms with E-state index in [1.54, 1.807) is 60.7 Å². The summed E-state index contributed by atoms with van der Waals surface area (Å²) in [5, 5.41) is 12.4. The smallest absolute Gasteiger partial charge is 0.256 e. The molecule has 7 nitrogen and oxygen atoms in total. The molecule has 30 heavy (non-hydrogen) atoms. The molecule has 0 bridgehead atoms. The normalized spacial score (nSPS) is 11.1. The summed E-state index contributed by atoms with van der Waals surface area (Å²) in [7, 11) is -3.98. The molecule has 0 saturated carbocycles. The zero-order chi connectivity index (χ0) is 21.0. The highest BCUT2D eigenvalue weighted by Crippen LogP contribution is 2.34. The van der Waals surface area contributed by atoms with Crippen LogP contribution in [0.5, 0.6) is 0 Å². The summed E-state index contributed by atoms with van der Waals surface area (Å²) in [6.45, 7) is 0. The molecule has 0 radical (unpaired) electrons. The van der Waals surface area contributed by atoms with Gasteiger partial charge < -0.3 is 10.6 Å². The second-order valence-electron chi connectivity index (χ2n) is 6.40. The van der Waals surface area contributed by atoms with E-state index >= 15 is 0 Å². The van der Waals surface area contributed by atoms with Crippen LogP contribution in [0, 0.1) is 0 Å². The highest BCUT2D eigenvalue weighted by atomic mass is 32.2. The van der Waals surface area contributed by atoms with Gasteiger partial charge in [-0.2, -0.15) is 5.10 Å². The Balaban J connectivity index is 1.78. The minimum atomic E-state index is -3.98. The number of amides is 1. The van der Waals surface area contributed by atoms with E-state index in [-0.39, 0.29) is 21.4 Å². The topological polar surface area (TPSA) is 104 Å². The average Bonchev–Trinajstić information content (AvgIpc) is 3.18. The first-order valence-corrected chi connectivity index (χ1v) is 10.6. The van der Waals surface area contributed by atoms with Crippen LogP contribution in [0.15, 0.2) is 101 Å². The molecule has 0 aliphatic carbocycles. The molecular weight excluding hydrogens is 400 g/mol. The molecule has 0 aliphatic rings. The van der Waals surface area contributed by atoms with Crippen LogP contribution in [0.1, 0.15) is 10.4 Å². The summed E-state index contributed by atoms with van der Waals surface area (Å²) >= 11 is 0. The molecule has 4 rings (SSSR count). The van der Waals surface area contributed by atoms with E-state index in [1.165, 1.54) is 12.1 Å². The van der Waals surface area contributed by atoms with Crippen molar-refractivity contribution in [2.75, 3.05) is 10.6 Å². The second-order valence-corrected chi connectivity index (χ2v) is 8.29. The van der Waals surface area contributed by atoms with Crippen molar-refractivity contribution in [1.82, 2.24) is 10.2 Å². The SMILES string of the molecule is O=C(Nc1n[nH]c(Nc2ccccc2)c1S(=O)(=O)c1ccccc1)c1ccccc1. The monoisotopic (exact) mass is 418 g/mol. The van der Waals surface area contributed by atoms with Gasteiger partial charge in [0.1, 0.15) is 5.82 Å². The number of sulfone groups is 1. The van der Waals surface area contributed by atoms with E-state index in [9.17, 15) is 13.2 Å². The molecule has 1 amide bonds. The van der Waals surface area contributed by atoms with Crippen molar-refractivity contribution < 1.29 is 13.2 Å². The van der Waals surface area contributed by atoms with Gasteiger partial charge in [0.05, 0.1) is 4.90 Å². The summed E-state index contributed by atoms with van der Waals surface area (Å²) < 4.78 is 26.8. The van der Waals surface area contributed by atoms with Gasteiger partial charge >= 0.3 is 0 Å². The first kappa shape index (κ1) is 19.4. The number of carbonyl (C=O) groups excluding carboxylic acids is 1. The molecule has 1 heterocycles. The Kier molecular flexibility index (Phi) is 5.32. The molecule has 3 N–H and O–H groups in total. The van der Waals surface area contributed by atoms with Crippen LogP contribution in [-0.4, -0.2) is 24.5 Å².